The first-order chi connectivity index (χ1) is 45.2. The van der Waals surface area contributed by atoms with Gasteiger partial charge in [0.15, 0.2) is 0 Å². The Morgan fingerprint density at radius 3 is 0.470 bits per heavy atom. The van der Waals surface area contributed by atoms with Gasteiger partial charge in [-0.2, -0.15) is 0 Å². The molecule has 0 spiro atoms. The molecular formula is C68H60Cu4N6O22+2. The third kappa shape index (κ3) is 42.2. The molecule has 0 unspecified atom stereocenters. The molecular weight excluding hydrogens is 1510 g/mol. The van der Waals surface area contributed by atoms with E-state index in [-0.39, 0.29) is 113 Å². The van der Waals surface area contributed by atoms with Crippen molar-refractivity contribution in [2.45, 2.75) is 0 Å². The Morgan fingerprint density at radius 2 is 0.370 bits per heavy atom. The maximum absolute atomic E-state index is 10.1. The Kier molecular flexibility index (Phi) is 59.7. The normalized spacial score (nSPS) is 8.44. The van der Waals surface area contributed by atoms with Crippen molar-refractivity contribution in [3.05, 3.63) is 344 Å². The predicted molar refractivity (Wildman–Crippen MR) is 345 cm³/mol. The summed E-state index contributed by atoms with van der Waals surface area (Å²) in [6.45, 7) is 0. The van der Waals surface area contributed by atoms with Gasteiger partial charge in [0.1, 0.15) is 0 Å². The van der Waals surface area contributed by atoms with Crippen LogP contribution in [-0.2, 0) is 79.2 Å². The van der Waals surface area contributed by atoms with Crippen LogP contribution in [0.25, 0.3) is 43.6 Å². The van der Waals surface area contributed by atoms with E-state index in [2.05, 4.69) is 68.5 Å². The zero-order valence-electron chi connectivity index (χ0n) is 51.8. The number of carbonyl (C=O) groups is 6. The van der Waals surface area contributed by atoms with Crippen LogP contribution in [0.3, 0.4) is 0 Å². The van der Waals surface area contributed by atoms with Crippen LogP contribution in [0.5, 0.6) is 0 Å². The Hall–Kier alpha value is -11.5. The van der Waals surface area contributed by atoms with Gasteiger partial charge in [-0.25, -0.2) is 0 Å². The van der Waals surface area contributed by atoms with Crippen molar-refractivity contribution in [3.8, 4) is 0 Å². The SMILES string of the molecule is CO.CO.O=C([O-])c1ccccc1.O=C([O-])c1ccccc1.O=C([O-])c1ccccc1.O=C([O-])c1ccccc1.O=C([O-])c1ccccc1.O=C([O-])c1ccccc1.O=[N+]([O-])[O-].O=[N+]([O-])[O-].[Cu+2].[Cu+2].[Cu+2].[Cu+2].[OH3+].[OH3+].c1cnc2c(c1)ccc1cccnc12.c1cnc2c(c1)ccc1cccnc12. The molecule has 32 heteroatoms. The quantitative estimate of drug-likeness (QED) is 0.0794. The summed E-state index contributed by atoms with van der Waals surface area (Å²) < 4.78 is 0. The van der Waals surface area contributed by atoms with E-state index >= 15 is 0 Å². The molecule has 0 aliphatic heterocycles. The molecule has 4 aromatic heterocycles. The third-order valence-electron chi connectivity index (χ3n) is 10.7. The average molecular weight is 1570 g/mol. The van der Waals surface area contributed by atoms with Crippen LogP contribution in [0, 0.1) is 30.6 Å². The summed E-state index contributed by atoms with van der Waals surface area (Å²) >= 11 is 0. The van der Waals surface area contributed by atoms with Gasteiger partial charge in [-0.3, -0.25) is 19.9 Å². The Morgan fingerprint density at radius 1 is 0.250 bits per heavy atom. The Labute approximate surface area is 612 Å². The number of fused-ring (bicyclic) bond motifs is 6. The van der Waals surface area contributed by atoms with Crippen LogP contribution in [0.2, 0.25) is 0 Å². The number of aromatic nitrogens is 4. The number of aliphatic hydroxyl groups is 2. The van der Waals surface area contributed by atoms with Crippen LogP contribution in [0.4, 0.5) is 0 Å². The number of carboxylic acids is 6. The van der Waals surface area contributed by atoms with Gasteiger partial charge in [-0.1, -0.05) is 231 Å². The second kappa shape index (κ2) is 60.0. The fraction of sp³-hybridized carbons (Fsp3) is 0.0294. The molecule has 536 valence electrons. The van der Waals surface area contributed by atoms with E-state index in [1.54, 1.807) is 134 Å². The summed E-state index contributed by atoms with van der Waals surface area (Å²) in [6, 6.07) is 72.7. The van der Waals surface area contributed by atoms with E-state index in [9.17, 15) is 59.4 Å². The minimum atomic E-state index is -1.75. The van der Waals surface area contributed by atoms with Crippen LogP contribution in [0.1, 0.15) is 62.1 Å². The number of nitrogens with zero attached hydrogens (tertiary/aromatic N) is 6. The maximum Gasteiger partial charge on any atom is 2.00 e. The van der Waals surface area contributed by atoms with E-state index in [1.807, 2.05) is 24.3 Å². The van der Waals surface area contributed by atoms with Crippen LogP contribution < -0.4 is 30.6 Å². The van der Waals surface area contributed by atoms with Crippen molar-refractivity contribution >= 4 is 79.4 Å². The number of aliphatic hydroxyl groups excluding tert-OH is 2. The van der Waals surface area contributed by atoms with Crippen molar-refractivity contribution in [2.24, 2.45) is 0 Å². The Balaban J connectivity index is -0.000000246. The molecule has 0 aliphatic carbocycles. The van der Waals surface area contributed by atoms with Gasteiger partial charge in [0.2, 0.25) is 0 Å². The van der Waals surface area contributed by atoms with Gasteiger partial charge in [0, 0.05) is 60.6 Å². The van der Waals surface area contributed by atoms with Crippen LogP contribution >= 0.6 is 0 Å². The summed E-state index contributed by atoms with van der Waals surface area (Å²) in [5.41, 5.74) is 5.23. The summed E-state index contributed by atoms with van der Waals surface area (Å²) in [5, 5.41) is 109. The third-order valence-corrected chi connectivity index (χ3v) is 10.7. The molecule has 0 atom stereocenters. The zero-order valence-corrected chi connectivity index (χ0v) is 55.6. The van der Waals surface area contributed by atoms with E-state index in [4.69, 9.17) is 40.9 Å². The molecule has 0 saturated carbocycles. The maximum atomic E-state index is 10.1. The van der Waals surface area contributed by atoms with Gasteiger partial charge in [-0.05, 0) is 57.6 Å². The molecule has 0 saturated heterocycles. The number of aromatic carboxylic acids is 6. The summed E-state index contributed by atoms with van der Waals surface area (Å²) in [4.78, 5) is 94.4. The van der Waals surface area contributed by atoms with E-state index in [1.165, 1.54) is 72.8 Å². The zero-order chi connectivity index (χ0) is 70.1. The largest absolute Gasteiger partial charge is 2.00 e. The first-order valence-corrected chi connectivity index (χ1v) is 26.5. The molecule has 12 aromatic rings. The van der Waals surface area contributed by atoms with E-state index < -0.39 is 46.0 Å². The van der Waals surface area contributed by atoms with Crippen molar-refractivity contribution in [1.29, 1.82) is 0 Å². The standard InChI is InChI=1S/2C12H8N2.6C7H6O2.2CH4O.4Cu.2NO3.2H2O/c2*1-3-9-5-6-10-4-2-8-14-12(10)11(9)13-7-1;6*8-7(9)6-4-2-1-3-5-6;2*1-2;;;;;2*2-1(3)4;;/h2*1-8H;6*1-5H,(H,8,9);2*2H,1H3;;;;;;;2*1H2/q;;;;;;;;;;4*+2;2*-1;;/p-4. The predicted octanol–water partition coefficient (Wildman–Crippen LogP) is 2.75. The average Bonchev–Trinajstić information content (AvgIpc) is 0.807. The minimum Gasteiger partial charge on any atom is -0.545 e. The van der Waals surface area contributed by atoms with Crippen molar-refractivity contribution < 1.29 is 159 Å². The van der Waals surface area contributed by atoms with E-state index in [0.29, 0.717) is 0 Å². The summed E-state index contributed by atoms with van der Waals surface area (Å²) in [7, 11) is 2.00. The molecule has 8 aromatic carbocycles. The molecule has 100 heavy (non-hydrogen) atoms. The number of carboxylic acid groups (broad SMARTS) is 6. The number of benzene rings is 8. The number of carbonyl (C=O) groups excluding carboxylic acids is 6. The van der Waals surface area contributed by atoms with Gasteiger partial charge < -0.3 is 111 Å². The van der Waals surface area contributed by atoms with Crippen LogP contribution in [0.15, 0.2) is 280 Å². The summed E-state index contributed by atoms with van der Waals surface area (Å²) in [6.07, 6.45) is 7.21. The number of hydrogen-bond acceptors (Lipinski definition) is 24. The monoisotopic (exact) mass is 1560 g/mol. The van der Waals surface area contributed by atoms with Crippen molar-refractivity contribution in [1.82, 2.24) is 19.9 Å². The molecule has 0 aliphatic rings. The second-order valence-electron chi connectivity index (χ2n) is 16.8. The molecule has 28 nitrogen and oxygen atoms in total. The van der Waals surface area contributed by atoms with Gasteiger partial charge in [0.05, 0.1) is 68.1 Å². The molecule has 0 bridgehead atoms. The van der Waals surface area contributed by atoms with Gasteiger partial charge >= 0.3 is 68.3 Å². The number of hydrogen-bond donors (Lipinski definition) is 2. The first kappa shape index (κ1) is 99.6. The fourth-order valence-corrected chi connectivity index (χ4v) is 6.80. The molecule has 0 amide bonds. The smallest absolute Gasteiger partial charge is 0.545 e. The topological polar surface area (TPSA) is 531 Å². The molecule has 8 N–H and O–H groups in total. The summed E-state index contributed by atoms with van der Waals surface area (Å²) in [5.74, 6) is -6.77. The van der Waals surface area contributed by atoms with E-state index in [0.717, 1.165) is 57.8 Å². The number of pyridine rings is 4. The number of rotatable bonds is 6. The minimum absolute atomic E-state index is 0. The second-order valence-corrected chi connectivity index (χ2v) is 16.8. The molecule has 4 radical (unpaired) electrons. The van der Waals surface area contributed by atoms with Gasteiger partial charge in [-0.15, -0.1) is 0 Å². The fourth-order valence-electron chi connectivity index (χ4n) is 6.80. The molecule has 12 rings (SSSR count). The first-order valence-electron chi connectivity index (χ1n) is 26.5. The van der Waals surface area contributed by atoms with Crippen molar-refractivity contribution in [3.63, 3.8) is 0 Å². The van der Waals surface area contributed by atoms with Crippen LogP contribution in [-0.4, -0.2) is 90.4 Å². The molecule has 4 heterocycles. The van der Waals surface area contributed by atoms with Crippen molar-refractivity contribution in [2.75, 3.05) is 14.2 Å². The molecule has 0 fully saturated rings. The van der Waals surface area contributed by atoms with Gasteiger partial charge in [0.25, 0.3) is 0 Å². The Bertz CT molecular complexity index is 3590.